The quantitative estimate of drug-likeness (QED) is 0.278. The van der Waals surface area contributed by atoms with Crippen molar-refractivity contribution in [2.75, 3.05) is 17.3 Å². The molecule has 1 fully saturated rings. The Bertz CT molecular complexity index is 1500. The minimum Gasteiger partial charge on any atom is -0.495 e. The number of nitrogens with one attached hydrogen (secondary N) is 2. The second-order valence-corrected chi connectivity index (χ2v) is 10.0. The molecule has 0 aliphatic carbocycles. The Hall–Kier alpha value is -3.88. The molecule has 9 heteroatoms. The molecule has 3 heterocycles. The van der Waals surface area contributed by atoms with Crippen molar-refractivity contribution in [3.05, 3.63) is 101 Å². The highest BCUT2D eigenvalue weighted by atomic mass is 35.5. The van der Waals surface area contributed by atoms with E-state index in [1.165, 1.54) is 6.92 Å². The van der Waals surface area contributed by atoms with E-state index >= 15 is 0 Å². The lowest BCUT2D eigenvalue weighted by molar-refractivity contribution is -0.114. The van der Waals surface area contributed by atoms with E-state index in [4.69, 9.17) is 28.6 Å². The van der Waals surface area contributed by atoms with Gasteiger partial charge in [-0.15, -0.1) is 0 Å². The van der Waals surface area contributed by atoms with Crippen LogP contribution in [0.1, 0.15) is 41.7 Å². The van der Waals surface area contributed by atoms with Gasteiger partial charge in [-0.1, -0.05) is 17.7 Å². The number of hydrogen-bond acceptors (Lipinski definition) is 4. The van der Waals surface area contributed by atoms with E-state index < -0.39 is 0 Å². The molecule has 38 heavy (non-hydrogen) atoms. The summed E-state index contributed by atoms with van der Waals surface area (Å²) in [6, 6.07) is 21.0. The standard InChI is InChI=1S/C29H28ClN5O2S/c1-17-15-23(18(2)34(17)25-16-20(30)8-13-26(25)37-4)28-27(24-7-5-6-14-31-24)33-29(38)35(28)22-11-9-21(10-12-22)32-19(3)36/h5-16,27-28H,1-4H3,(H,32,36)(H,33,38)/t27-,28+/m0/s1. The number of benzene rings is 2. The van der Waals surface area contributed by atoms with Crippen molar-refractivity contribution in [2.24, 2.45) is 0 Å². The lowest BCUT2D eigenvalue weighted by Crippen LogP contribution is -2.29. The van der Waals surface area contributed by atoms with E-state index in [2.05, 4.69) is 45.0 Å². The Labute approximate surface area is 232 Å². The van der Waals surface area contributed by atoms with E-state index in [-0.39, 0.29) is 18.0 Å². The molecule has 2 aromatic heterocycles. The van der Waals surface area contributed by atoms with Crippen molar-refractivity contribution in [3.63, 3.8) is 0 Å². The fourth-order valence-corrected chi connectivity index (χ4v) is 5.67. The first-order chi connectivity index (χ1) is 18.3. The maximum Gasteiger partial charge on any atom is 0.221 e. The van der Waals surface area contributed by atoms with Crippen LogP contribution in [0.4, 0.5) is 11.4 Å². The van der Waals surface area contributed by atoms with E-state index in [9.17, 15) is 4.79 Å². The van der Waals surface area contributed by atoms with Crippen molar-refractivity contribution in [1.29, 1.82) is 0 Å². The van der Waals surface area contributed by atoms with Crippen LogP contribution in [-0.2, 0) is 4.79 Å². The van der Waals surface area contributed by atoms with Gasteiger partial charge in [-0.3, -0.25) is 9.78 Å². The lowest BCUT2D eigenvalue weighted by atomic mass is 9.96. The normalized spacial score (nSPS) is 16.9. The molecule has 0 radical (unpaired) electrons. The van der Waals surface area contributed by atoms with Crippen LogP contribution in [0.3, 0.4) is 0 Å². The maximum absolute atomic E-state index is 11.5. The average molecular weight is 546 g/mol. The Morgan fingerprint density at radius 1 is 1.11 bits per heavy atom. The lowest BCUT2D eigenvalue weighted by Gasteiger charge is -2.28. The third kappa shape index (κ3) is 4.73. The number of aryl methyl sites for hydroxylation is 1. The highest BCUT2D eigenvalue weighted by Gasteiger charge is 2.42. The number of methoxy groups -OCH3 is 1. The van der Waals surface area contributed by atoms with Crippen molar-refractivity contribution >= 4 is 46.2 Å². The van der Waals surface area contributed by atoms with Crippen LogP contribution in [-0.4, -0.2) is 27.7 Å². The summed E-state index contributed by atoms with van der Waals surface area (Å²) in [6.45, 7) is 5.66. The first kappa shape index (κ1) is 25.8. The van der Waals surface area contributed by atoms with Crippen molar-refractivity contribution in [1.82, 2.24) is 14.9 Å². The molecule has 1 aliphatic rings. The molecular weight excluding hydrogens is 518 g/mol. The summed E-state index contributed by atoms with van der Waals surface area (Å²) in [4.78, 5) is 18.3. The molecule has 2 aromatic carbocycles. The highest BCUT2D eigenvalue weighted by Crippen LogP contribution is 2.44. The van der Waals surface area contributed by atoms with Gasteiger partial charge in [-0.25, -0.2) is 0 Å². The number of thiocarbonyl (C=S) groups is 1. The number of carbonyl (C=O) groups is 1. The molecule has 7 nitrogen and oxygen atoms in total. The van der Waals surface area contributed by atoms with E-state index in [1.54, 1.807) is 13.3 Å². The molecule has 5 rings (SSSR count). The predicted octanol–water partition coefficient (Wildman–Crippen LogP) is 6.29. The second-order valence-electron chi connectivity index (χ2n) is 9.20. The van der Waals surface area contributed by atoms with Gasteiger partial charge in [0.2, 0.25) is 5.91 Å². The number of amides is 1. The van der Waals surface area contributed by atoms with Gasteiger partial charge in [0.25, 0.3) is 0 Å². The molecule has 0 spiro atoms. The van der Waals surface area contributed by atoms with Crippen LogP contribution in [0, 0.1) is 13.8 Å². The number of ether oxygens (including phenoxy) is 1. The van der Waals surface area contributed by atoms with Gasteiger partial charge in [0.15, 0.2) is 5.11 Å². The summed E-state index contributed by atoms with van der Waals surface area (Å²) < 4.78 is 7.83. The molecule has 194 valence electrons. The Morgan fingerprint density at radius 3 is 2.53 bits per heavy atom. The van der Waals surface area contributed by atoms with Gasteiger partial charge in [0.05, 0.1) is 30.6 Å². The minimum atomic E-state index is -0.186. The molecule has 0 unspecified atom stereocenters. The third-order valence-electron chi connectivity index (χ3n) is 6.73. The van der Waals surface area contributed by atoms with Gasteiger partial charge in [0.1, 0.15) is 5.75 Å². The number of hydrogen-bond donors (Lipinski definition) is 2. The smallest absolute Gasteiger partial charge is 0.221 e. The fourth-order valence-electron chi connectivity index (χ4n) is 5.15. The number of aromatic nitrogens is 2. The van der Waals surface area contributed by atoms with Gasteiger partial charge in [-0.05, 0) is 92.3 Å². The molecule has 0 bridgehead atoms. The molecule has 0 saturated carbocycles. The van der Waals surface area contributed by atoms with Crippen molar-refractivity contribution < 1.29 is 9.53 Å². The van der Waals surface area contributed by atoms with Crippen LogP contribution in [0.2, 0.25) is 5.02 Å². The SMILES string of the molecule is COc1ccc(Cl)cc1-n1c(C)cc([C@@H]2[C@H](c3ccccn3)NC(=S)N2c2ccc(NC(C)=O)cc2)c1C. The number of rotatable bonds is 6. The first-order valence-corrected chi connectivity index (χ1v) is 13.0. The third-order valence-corrected chi connectivity index (χ3v) is 7.28. The highest BCUT2D eigenvalue weighted by molar-refractivity contribution is 7.80. The first-order valence-electron chi connectivity index (χ1n) is 12.2. The Kier molecular flexibility index (Phi) is 7.10. The molecule has 2 atom stereocenters. The van der Waals surface area contributed by atoms with Crippen LogP contribution in [0.15, 0.2) is 72.9 Å². The zero-order valence-electron chi connectivity index (χ0n) is 21.5. The van der Waals surface area contributed by atoms with Crippen LogP contribution in [0.5, 0.6) is 5.75 Å². The number of carbonyl (C=O) groups excluding carboxylic acids is 1. The number of halogens is 1. The molecular formula is C29H28ClN5O2S. The van der Waals surface area contributed by atoms with Crippen molar-refractivity contribution in [2.45, 2.75) is 32.9 Å². The minimum absolute atomic E-state index is 0.118. The molecule has 4 aromatic rings. The van der Waals surface area contributed by atoms with Gasteiger partial charge in [-0.2, -0.15) is 0 Å². The molecule has 1 saturated heterocycles. The topological polar surface area (TPSA) is 71.4 Å². The Balaban J connectivity index is 1.66. The van der Waals surface area contributed by atoms with Crippen LogP contribution < -0.4 is 20.3 Å². The van der Waals surface area contributed by atoms with E-state index in [0.29, 0.717) is 10.1 Å². The molecule has 2 N–H and O–H groups in total. The largest absolute Gasteiger partial charge is 0.495 e. The van der Waals surface area contributed by atoms with Gasteiger partial charge >= 0.3 is 0 Å². The molecule has 1 aliphatic heterocycles. The zero-order chi connectivity index (χ0) is 27.0. The van der Waals surface area contributed by atoms with E-state index in [1.807, 2.05) is 60.7 Å². The Morgan fingerprint density at radius 2 is 1.87 bits per heavy atom. The number of pyridine rings is 1. The van der Waals surface area contributed by atoms with Gasteiger partial charge < -0.3 is 24.8 Å². The summed E-state index contributed by atoms with van der Waals surface area (Å²) in [5.41, 5.74) is 6.57. The summed E-state index contributed by atoms with van der Waals surface area (Å²) in [6.07, 6.45) is 1.79. The monoisotopic (exact) mass is 545 g/mol. The summed E-state index contributed by atoms with van der Waals surface area (Å²) >= 11 is 12.3. The second kappa shape index (κ2) is 10.5. The number of nitrogens with zero attached hydrogens (tertiary/aromatic N) is 3. The maximum atomic E-state index is 11.5. The summed E-state index contributed by atoms with van der Waals surface area (Å²) in [5, 5.41) is 7.56. The van der Waals surface area contributed by atoms with Crippen LogP contribution in [0.25, 0.3) is 5.69 Å². The van der Waals surface area contributed by atoms with Crippen LogP contribution >= 0.6 is 23.8 Å². The summed E-state index contributed by atoms with van der Waals surface area (Å²) in [5.74, 6) is 0.614. The van der Waals surface area contributed by atoms with E-state index in [0.717, 1.165) is 45.5 Å². The van der Waals surface area contributed by atoms with Gasteiger partial charge in [0, 0.05) is 40.9 Å². The zero-order valence-corrected chi connectivity index (χ0v) is 23.1. The molecule has 1 amide bonds. The fraction of sp³-hybridized carbons (Fsp3) is 0.207. The number of anilines is 2. The summed E-state index contributed by atoms with van der Waals surface area (Å²) in [7, 11) is 1.66. The average Bonchev–Trinajstić information content (AvgIpc) is 3.39. The van der Waals surface area contributed by atoms with Crippen molar-refractivity contribution in [3.8, 4) is 11.4 Å². The predicted molar refractivity (Wildman–Crippen MR) is 155 cm³/mol.